The van der Waals surface area contributed by atoms with Crippen molar-refractivity contribution >= 4 is 23.1 Å². The summed E-state index contributed by atoms with van der Waals surface area (Å²) < 4.78 is 0. The van der Waals surface area contributed by atoms with E-state index in [0.29, 0.717) is 11.2 Å². The molecule has 0 fully saturated rings. The Morgan fingerprint density at radius 3 is 3.15 bits per heavy atom. The SMILES string of the molecule is NC(=O)Nc1nc2ncncc2[nH]1. The second-order valence-corrected chi connectivity index (χ2v) is 2.33. The van der Waals surface area contributed by atoms with E-state index in [0.717, 1.165) is 0 Å². The number of rotatable bonds is 1. The summed E-state index contributed by atoms with van der Waals surface area (Å²) in [6.07, 6.45) is 2.93. The molecule has 0 saturated carbocycles. The molecule has 2 rings (SSSR count). The molecule has 7 nitrogen and oxygen atoms in total. The van der Waals surface area contributed by atoms with Gasteiger partial charge in [0.2, 0.25) is 5.95 Å². The average molecular weight is 178 g/mol. The molecule has 2 amide bonds. The van der Waals surface area contributed by atoms with Crippen molar-refractivity contribution in [2.24, 2.45) is 5.73 Å². The number of nitrogens with two attached hydrogens (primary N) is 1. The van der Waals surface area contributed by atoms with E-state index in [1.54, 1.807) is 6.20 Å². The topological polar surface area (TPSA) is 110 Å². The van der Waals surface area contributed by atoms with Gasteiger partial charge in [-0.25, -0.2) is 14.8 Å². The number of aromatic nitrogens is 4. The van der Waals surface area contributed by atoms with Crippen LogP contribution in [0.25, 0.3) is 11.2 Å². The number of hydrogen-bond acceptors (Lipinski definition) is 4. The highest BCUT2D eigenvalue weighted by Crippen LogP contribution is 2.08. The molecule has 0 saturated heterocycles. The Labute approximate surface area is 72.4 Å². The summed E-state index contributed by atoms with van der Waals surface area (Å²) in [5, 5.41) is 2.30. The third kappa shape index (κ3) is 1.39. The summed E-state index contributed by atoms with van der Waals surface area (Å²) in [6.45, 7) is 0. The molecule has 66 valence electrons. The Bertz CT molecular complexity index is 416. The van der Waals surface area contributed by atoms with Crippen molar-refractivity contribution in [1.82, 2.24) is 19.9 Å². The van der Waals surface area contributed by atoms with Crippen molar-refractivity contribution < 1.29 is 4.79 Å². The number of H-pyrrole nitrogens is 1. The van der Waals surface area contributed by atoms with E-state index in [4.69, 9.17) is 5.73 Å². The lowest BCUT2D eigenvalue weighted by Crippen LogP contribution is -2.19. The molecule has 0 radical (unpaired) electrons. The predicted octanol–water partition coefficient (Wildman–Crippen LogP) is -0.157. The van der Waals surface area contributed by atoms with Crippen LogP contribution in [0.1, 0.15) is 0 Å². The lowest BCUT2D eigenvalue weighted by molar-refractivity contribution is 0.259. The maximum Gasteiger partial charge on any atom is 0.318 e. The number of nitrogens with one attached hydrogen (secondary N) is 2. The fraction of sp³-hybridized carbons (Fsp3) is 0. The molecule has 13 heavy (non-hydrogen) atoms. The minimum absolute atomic E-state index is 0.267. The number of aromatic amines is 1. The first-order chi connectivity index (χ1) is 6.25. The molecule has 0 aliphatic rings. The fourth-order valence-corrected chi connectivity index (χ4v) is 0.938. The zero-order chi connectivity index (χ0) is 9.26. The van der Waals surface area contributed by atoms with E-state index in [-0.39, 0.29) is 5.95 Å². The van der Waals surface area contributed by atoms with E-state index >= 15 is 0 Å². The van der Waals surface area contributed by atoms with Gasteiger partial charge in [0.1, 0.15) is 11.8 Å². The van der Waals surface area contributed by atoms with Gasteiger partial charge in [0, 0.05) is 0 Å². The van der Waals surface area contributed by atoms with Crippen LogP contribution in [-0.2, 0) is 0 Å². The smallest absolute Gasteiger partial charge is 0.318 e. The van der Waals surface area contributed by atoms with Crippen molar-refractivity contribution in [3.8, 4) is 0 Å². The Balaban J connectivity index is 2.44. The van der Waals surface area contributed by atoms with Gasteiger partial charge < -0.3 is 10.7 Å². The first-order valence-electron chi connectivity index (χ1n) is 3.48. The zero-order valence-electron chi connectivity index (χ0n) is 6.48. The standard InChI is InChI=1S/C6H6N6O/c7-5(13)12-6-10-3-1-8-2-9-4(3)11-6/h1-2H,(H4,7,8,9,10,11,12,13). The van der Waals surface area contributed by atoms with Gasteiger partial charge in [0.25, 0.3) is 0 Å². The van der Waals surface area contributed by atoms with Gasteiger partial charge in [0.05, 0.1) is 6.20 Å². The lowest BCUT2D eigenvalue weighted by Gasteiger charge is -1.91. The summed E-state index contributed by atoms with van der Waals surface area (Å²) in [6, 6.07) is -0.674. The summed E-state index contributed by atoms with van der Waals surface area (Å²) in [5.41, 5.74) is 6.03. The largest absolute Gasteiger partial charge is 0.351 e. The average Bonchev–Trinajstić information content (AvgIpc) is 2.44. The van der Waals surface area contributed by atoms with Crippen LogP contribution in [0.4, 0.5) is 10.7 Å². The number of nitrogens with zero attached hydrogens (tertiary/aromatic N) is 3. The van der Waals surface area contributed by atoms with Crippen LogP contribution in [0.5, 0.6) is 0 Å². The van der Waals surface area contributed by atoms with Crippen molar-refractivity contribution in [3.05, 3.63) is 12.5 Å². The molecule has 0 bridgehead atoms. The maximum absolute atomic E-state index is 10.5. The fourth-order valence-electron chi connectivity index (χ4n) is 0.938. The Morgan fingerprint density at radius 2 is 2.46 bits per heavy atom. The normalized spacial score (nSPS) is 10.2. The molecule has 0 aliphatic heterocycles. The molecule has 0 aromatic carbocycles. The first-order valence-corrected chi connectivity index (χ1v) is 3.48. The van der Waals surface area contributed by atoms with E-state index in [1.807, 2.05) is 0 Å². The van der Waals surface area contributed by atoms with E-state index in [2.05, 4.69) is 25.3 Å². The number of hydrogen-bond donors (Lipinski definition) is 3. The van der Waals surface area contributed by atoms with Crippen molar-refractivity contribution in [2.75, 3.05) is 5.32 Å². The Morgan fingerprint density at radius 1 is 1.62 bits per heavy atom. The molecule has 0 atom stereocenters. The molecule has 4 N–H and O–H groups in total. The highest BCUT2D eigenvalue weighted by atomic mass is 16.2. The maximum atomic E-state index is 10.5. The van der Waals surface area contributed by atoms with Crippen molar-refractivity contribution in [2.45, 2.75) is 0 Å². The Hall–Kier alpha value is -2.18. The molecule has 0 aliphatic carbocycles. The molecule has 0 spiro atoms. The molecular formula is C6H6N6O. The summed E-state index contributed by atoms with van der Waals surface area (Å²) in [5.74, 6) is 0.267. The predicted molar refractivity (Wildman–Crippen MR) is 44.9 cm³/mol. The van der Waals surface area contributed by atoms with Gasteiger partial charge in [-0.05, 0) is 0 Å². The minimum Gasteiger partial charge on any atom is -0.351 e. The van der Waals surface area contributed by atoms with Crippen LogP contribution < -0.4 is 11.1 Å². The number of carbonyl (C=O) groups is 1. The first kappa shape index (κ1) is 7.47. The van der Waals surface area contributed by atoms with Crippen molar-refractivity contribution in [1.29, 1.82) is 0 Å². The van der Waals surface area contributed by atoms with E-state index < -0.39 is 6.03 Å². The molecule has 2 aromatic rings. The lowest BCUT2D eigenvalue weighted by atomic mass is 10.6. The van der Waals surface area contributed by atoms with Crippen LogP contribution in [0.3, 0.4) is 0 Å². The van der Waals surface area contributed by atoms with E-state index in [1.165, 1.54) is 6.33 Å². The molecular weight excluding hydrogens is 172 g/mol. The van der Waals surface area contributed by atoms with Gasteiger partial charge in [0.15, 0.2) is 5.65 Å². The van der Waals surface area contributed by atoms with Crippen LogP contribution >= 0.6 is 0 Å². The Kier molecular flexibility index (Phi) is 1.55. The third-order valence-corrected chi connectivity index (χ3v) is 1.40. The molecule has 2 heterocycles. The highest BCUT2D eigenvalue weighted by Gasteiger charge is 2.03. The number of fused-ring (bicyclic) bond motifs is 1. The van der Waals surface area contributed by atoms with Crippen LogP contribution in [-0.4, -0.2) is 26.0 Å². The summed E-state index contributed by atoms with van der Waals surface area (Å²) in [7, 11) is 0. The summed E-state index contributed by atoms with van der Waals surface area (Å²) >= 11 is 0. The number of amides is 2. The summed E-state index contributed by atoms with van der Waals surface area (Å²) in [4.78, 5) is 24.8. The molecule has 2 aromatic heterocycles. The number of primary amides is 1. The van der Waals surface area contributed by atoms with E-state index in [9.17, 15) is 4.79 Å². The number of urea groups is 1. The second kappa shape index (κ2) is 2.70. The van der Waals surface area contributed by atoms with Gasteiger partial charge in [-0.2, -0.15) is 4.98 Å². The highest BCUT2D eigenvalue weighted by molar-refractivity contribution is 5.87. The van der Waals surface area contributed by atoms with Crippen LogP contribution in [0, 0.1) is 0 Å². The van der Waals surface area contributed by atoms with Gasteiger partial charge in [-0.3, -0.25) is 5.32 Å². The number of imidazole rings is 1. The number of anilines is 1. The third-order valence-electron chi connectivity index (χ3n) is 1.40. The van der Waals surface area contributed by atoms with Crippen LogP contribution in [0.2, 0.25) is 0 Å². The van der Waals surface area contributed by atoms with Gasteiger partial charge in [-0.15, -0.1) is 0 Å². The second-order valence-electron chi connectivity index (χ2n) is 2.33. The minimum atomic E-state index is -0.674. The van der Waals surface area contributed by atoms with Crippen molar-refractivity contribution in [3.63, 3.8) is 0 Å². The quantitative estimate of drug-likeness (QED) is 0.563. The number of carbonyl (C=O) groups excluding carboxylic acids is 1. The molecule has 7 heteroatoms. The van der Waals surface area contributed by atoms with Crippen LogP contribution in [0.15, 0.2) is 12.5 Å². The van der Waals surface area contributed by atoms with Gasteiger partial charge >= 0.3 is 6.03 Å². The zero-order valence-corrected chi connectivity index (χ0v) is 6.48. The van der Waals surface area contributed by atoms with Gasteiger partial charge in [-0.1, -0.05) is 0 Å². The molecule has 0 unspecified atom stereocenters. The monoisotopic (exact) mass is 178 g/mol.